The van der Waals surface area contributed by atoms with E-state index in [-0.39, 0.29) is 11.4 Å². The van der Waals surface area contributed by atoms with Crippen LogP contribution in [0.2, 0.25) is 0 Å². The van der Waals surface area contributed by atoms with Crippen LogP contribution in [-0.2, 0) is 0 Å². The third-order valence-corrected chi connectivity index (χ3v) is 5.60. The second-order valence-corrected chi connectivity index (χ2v) is 7.85. The number of hydrogen-bond acceptors (Lipinski definition) is 5. The van der Waals surface area contributed by atoms with E-state index in [1.165, 1.54) is 11.1 Å². The Kier molecular flexibility index (Phi) is 5.45. The zero-order chi connectivity index (χ0) is 21.3. The third kappa shape index (κ3) is 4.02. The van der Waals surface area contributed by atoms with Gasteiger partial charge in [0.2, 0.25) is 5.88 Å². The van der Waals surface area contributed by atoms with Crippen molar-refractivity contribution in [3.05, 3.63) is 62.9 Å². The van der Waals surface area contributed by atoms with Crippen molar-refractivity contribution in [1.82, 2.24) is 9.88 Å². The van der Waals surface area contributed by atoms with Crippen LogP contribution in [0.1, 0.15) is 5.56 Å². The minimum absolute atomic E-state index is 0.234. The Hall–Kier alpha value is -3.33. The number of carboxylic acid groups (broad SMARTS) is 1. The second-order valence-electron chi connectivity index (χ2n) is 6.94. The van der Waals surface area contributed by atoms with Gasteiger partial charge in [-0.1, -0.05) is 15.9 Å². The van der Waals surface area contributed by atoms with Gasteiger partial charge < -0.3 is 20.0 Å². The molecule has 0 unspecified atom stereocenters. The van der Waals surface area contributed by atoms with E-state index < -0.39 is 6.09 Å². The lowest BCUT2D eigenvalue weighted by molar-refractivity contribution is 0.142. The van der Waals surface area contributed by atoms with Crippen molar-refractivity contribution >= 4 is 50.4 Å². The van der Waals surface area contributed by atoms with Gasteiger partial charge in [0.1, 0.15) is 0 Å². The zero-order valence-corrected chi connectivity index (χ0v) is 17.5. The molecule has 0 saturated carbocycles. The van der Waals surface area contributed by atoms with Crippen molar-refractivity contribution in [1.29, 1.82) is 0 Å². The number of aliphatic imine (C=N–C) groups is 1. The standard InChI is InChI=1S/C21H19BrN4O4/c22-13-1-6-16-17(11-13)18(20(28)24-19(16)27)12-23-14-2-4-15(5-3-14)25-7-9-26(10-8-25)21(29)30/h1-6,11-12H,7-10H2,(H,29,30)(H2,24,27,28). The topological polar surface area (TPSA) is 109 Å². The van der Waals surface area contributed by atoms with Gasteiger partial charge >= 0.3 is 6.09 Å². The smallest absolute Gasteiger partial charge is 0.407 e. The lowest BCUT2D eigenvalue weighted by Crippen LogP contribution is -2.48. The number of rotatable bonds is 3. The maximum atomic E-state index is 12.1. The summed E-state index contributed by atoms with van der Waals surface area (Å²) in [4.78, 5) is 33.5. The highest BCUT2D eigenvalue weighted by atomic mass is 79.9. The van der Waals surface area contributed by atoms with Crippen LogP contribution < -0.4 is 10.5 Å². The van der Waals surface area contributed by atoms with Crippen LogP contribution in [0, 0.1) is 0 Å². The third-order valence-electron chi connectivity index (χ3n) is 5.11. The Morgan fingerprint density at radius 1 is 1.07 bits per heavy atom. The number of fused-ring (bicyclic) bond motifs is 1. The molecule has 154 valence electrons. The van der Waals surface area contributed by atoms with Crippen LogP contribution in [0.15, 0.2) is 56.7 Å². The molecule has 1 aliphatic heterocycles. The molecule has 0 aliphatic carbocycles. The Bertz CT molecular complexity index is 1180. The number of nitrogens with one attached hydrogen (secondary N) is 1. The molecular formula is C21H19BrN4O4. The molecule has 3 N–H and O–H groups in total. The average Bonchev–Trinajstić information content (AvgIpc) is 2.74. The maximum absolute atomic E-state index is 12.1. The normalized spacial score (nSPS) is 14.6. The molecule has 30 heavy (non-hydrogen) atoms. The average molecular weight is 471 g/mol. The summed E-state index contributed by atoms with van der Waals surface area (Å²) >= 11 is 3.39. The molecule has 1 aliphatic rings. The molecule has 1 fully saturated rings. The predicted octanol–water partition coefficient (Wildman–Crippen LogP) is 3.55. The first-order chi connectivity index (χ1) is 14.4. The van der Waals surface area contributed by atoms with Crippen LogP contribution in [-0.4, -0.2) is 58.6 Å². The number of pyridine rings is 1. The summed E-state index contributed by atoms with van der Waals surface area (Å²) in [6.45, 7) is 2.23. The number of halogens is 1. The van der Waals surface area contributed by atoms with Crippen LogP contribution in [0.4, 0.5) is 16.2 Å². The summed E-state index contributed by atoms with van der Waals surface area (Å²) in [6.07, 6.45) is 0.644. The Balaban J connectivity index is 1.55. The fourth-order valence-electron chi connectivity index (χ4n) is 3.48. The van der Waals surface area contributed by atoms with E-state index in [1.807, 2.05) is 24.3 Å². The number of aromatic nitrogens is 1. The van der Waals surface area contributed by atoms with Crippen LogP contribution >= 0.6 is 15.9 Å². The number of hydrogen-bond donors (Lipinski definition) is 3. The molecule has 0 spiro atoms. The largest absolute Gasteiger partial charge is 0.494 e. The first kappa shape index (κ1) is 20.0. The first-order valence-electron chi connectivity index (χ1n) is 9.34. The molecule has 1 amide bonds. The van der Waals surface area contributed by atoms with Gasteiger partial charge in [0.15, 0.2) is 0 Å². The van der Waals surface area contributed by atoms with Gasteiger partial charge in [-0.05, 0) is 42.5 Å². The van der Waals surface area contributed by atoms with Crippen LogP contribution in [0.25, 0.3) is 10.8 Å². The zero-order valence-electron chi connectivity index (χ0n) is 15.9. The van der Waals surface area contributed by atoms with E-state index in [4.69, 9.17) is 5.11 Å². The molecule has 0 radical (unpaired) electrons. The fraction of sp³-hybridized carbons (Fsp3) is 0.190. The molecule has 0 bridgehead atoms. The summed E-state index contributed by atoms with van der Waals surface area (Å²) in [6, 6.07) is 12.8. The second kappa shape index (κ2) is 8.19. The van der Waals surface area contributed by atoms with Gasteiger partial charge in [0, 0.05) is 53.3 Å². The Labute approximate surface area is 180 Å². The number of benzene rings is 2. The molecule has 9 heteroatoms. The maximum Gasteiger partial charge on any atom is 0.407 e. The van der Waals surface area contributed by atoms with E-state index >= 15 is 0 Å². The molecule has 1 saturated heterocycles. The summed E-state index contributed by atoms with van der Waals surface area (Å²) in [5.74, 6) is -0.234. The molecule has 2 heterocycles. The van der Waals surface area contributed by atoms with E-state index in [2.05, 4.69) is 30.8 Å². The number of carbonyl (C=O) groups is 1. The van der Waals surface area contributed by atoms with Gasteiger partial charge in [-0.25, -0.2) is 4.79 Å². The van der Waals surface area contributed by atoms with E-state index in [9.17, 15) is 14.7 Å². The predicted molar refractivity (Wildman–Crippen MR) is 119 cm³/mol. The monoisotopic (exact) mass is 470 g/mol. The quantitative estimate of drug-likeness (QED) is 0.507. The number of aromatic hydroxyl groups is 1. The van der Waals surface area contributed by atoms with Crippen molar-refractivity contribution in [2.24, 2.45) is 4.99 Å². The molecule has 4 rings (SSSR count). The number of piperazine rings is 1. The number of amides is 1. The summed E-state index contributed by atoms with van der Waals surface area (Å²) in [7, 11) is 0. The van der Waals surface area contributed by atoms with Crippen molar-refractivity contribution < 1.29 is 15.0 Å². The lowest BCUT2D eigenvalue weighted by Gasteiger charge is -2.34. The van der Waals surface area contributed by atoms with Gasteiger partial charge in [-0.15, -0.1) is 0 Å². The van der Waals surface area contributed by atoms with E-state index in [0.29, 0.717) is 48.2 Å². The van der Waals surface area contributed by atoms with Crippen molar-refractivity contribution in [2.45, 2.75) is 0 Å². The Morgan fingerprint density at radius 2 is 1.77 bits per heavy atom. The molecule has 3 aromatic rings. The Morgan fingerprint density at radius 3 is 2.43 bits per heavy atom. The van der Waals surface area contributed by atoms with Crippen LogP contribution in [0.3, 0.4) is 0 Å². The molecule has 2 aromatic carbocycles. The van der Waals surface area contributed by atoms with Gasteiger partial charge in [0.05, 0.1) is 11.3 Å². The van der Waals surface area contributed by atoms with Crippen molar-refractivity contribution in [3.8, 4) is 5.88 Å². The molecule has 0 atom stereocenters. The summed E-state index contributed by atoms with van der Waals surface area (Å²) in [5, 5.41) is 20.3. The first-order valence-corrected chi connectivity index (χ1v) is 10.1. The number of anilines is 1. The van der Waals surface area contributed by atoms with Crippen LogP contribution in [0.5, 0.6) is 5.88 Å². The summed E-state index contributed by atoms with van der Waals surface area (Å²) < 4.78 is 0.794. The highest BCUT2D eigenvalue weighted by molar-refractivity contribution is 9.10. The molecule has 8 nitrogen and oxygen atoms in total. The van der Waals surface area contributed by atoms with E-state index in [1.54, 1.807) is 18.2 Å². The highest BCUT2D eigenvalue weighted by Crippen LogP contribution is 2.26. The minimum atomic E-state index is -0.885. The number of aromatic amines is 1. The highest BCUT2D eigenvalue weighted by Gasteiger charge is 2.20. The van der Waals surface area contributed by atoms with Crippen molar-refractivity contribution in [3.63, 3.8) is 0 Å². The number of H-pyrrole nitrogens is 1. The minimum Gasteiger partial charge on any atom is -0.494 e. The summed E-state index contributed by atoms with van der Waals surface area (Å²) in [5.41, 5.74) is 1.76. The van der Waals surface area contributed by atoms with Gasteiger partial charge in [-0.2, -0.15) is 0 Å². The molecule has 1 aromatic heterocycles. The van der Waals surface area contributed by atoms with E-state index in [0.717, 1.165) is 10.2 Å². The van der Waals surface area contributed by atoms with Gasteiger partial charge in [0.25, 0.3) is 5.56 Å². The number of nitrogens with zero attached hydrogens (tertiary/aromatic N) is 3. The van der Waals surface area contributed by atoms with Crippen molar-refractivity contribution in [2.75, 3.05) is 31.1 Å². The SMILES string of the molecule is O=C(O)N1CCN(c2ccc(N=Cc3c(O)[nH]c(=O)c4ccc(Br)cc34)cc2)CC1. The lowest BCUT2D eigenvalue weighted by atomic mass is 10.1. The molecular weight excluding hydrogens is 452 g/mol. The fourth-order valence-corrected chi connectivity index (χ4v) is 3.84. The van der Waals surface area contributed by atoms with Gasteiger partial charge in [-0.3, -0.25) is 14.8 Å².